The molecule has 0 bridgehead atoms. The van der Waals surface area contributed by atoms with Crippen LogP contribution in [0.15, 0.2) is 0 Å². The third-order valence-electron chi connectivity index (χ3n) is 5.23. The Labute approximate surface area is 107 Å². The second kappa shape index (κ2) is 6.19. The average molecular weight is 238 g/mol. The monoisotopic (exact) mass is 238 g/mol. The molecule has 2 aliphatic carbocycles. The van der Waals surface area contributed by atoms with Crippen molar-refractivity contribution in [1.82, 2.24) is 4.90 Å². The minimum atomic E-state index is 0.481. The number of hydrogen-bond donors (Lipinski definition) is 1. The van der Waals surface area contributed by atoms with Crippen molar-refractivity contribution in [3.63, 3.8) is 0 Å². The molecule has 2 nitrogen and oxygen atoms in total. The van der Waals surface area contributed by atoms with Gasteiger partial charge in [0.2, 0.25) is 0 Å². The highest BCUT2D eigenvalue weighted by Gasteiger charge is 2.29. The SMILES string of the molecule is CCC1CCCC(N(C)C2CCC(N)CC2)C1. The Kier molecular flexibility index (Phi) is 4.87. The van der Waals surface area contributed by atoms with Crippen LogP contribution in [-0.2, 0) is 0 Å². The second-order valence-corrected chi connectivity index (χ2v) is 6.33. The van der Waals surface area contributed by atoms with Gasteiger partial charge < -0.3 is 10.6 Å². The molecule has 2 heteroatoms. The van der Waals surface area contributed by atoms with E-state index in [4.69, 9.17) is 5.73 Å². The normalized spacial score (nSPS) is 39.5. The molecule has 0 spiro atoms. The zero-order valence-electron chi connectivity index (χ0n) is 11.7. The van der Waals surface area contributed by atoms with Gasteiger partial charge in [0.25, 0.3) is 0 Å². The van der Waals surface area contributed by atoms with E-state index in [1.54, 1.807) is 0 Å². The topological polar surface area (TPSA) is 29.3 Å². The van der Waals surface area contributed by atoms with Crippen molar-refractivity contribution in [3.05, 3.63) is 0 Å². The van der Waals surface area contributed by atoms with Crippen LogP contribution in [0.4, 0.5) is 0 Å². The van der Waals surface area contributed by atoms with Crippen LogP contribution in [0.3, 0.4) is 0 Å². The van der Waals surface area contributed by atoms with Gasteiger partial charge in [-0.25, -0.2) is 0 Å². The Morgan fingerprint density at radius 1 is 1.00 bits per heavy atom. The molecule has 17 heavy (non-hydrogen) atoms. The van der Waals surface area contributed by atoms with Crippen molar-refractivity contribution < 1.29 is 0 Å². The highest BCUT2D eigenvalue weighted by atomic mass is 15.2. The molecule has 2 fully saturated rings. The Bertz CT molecular complexity index is 221. The maximum atomic E-state index is 6.00. The van der Waals surface area contributed by atoms with Crippen LogP contribution in [0.25, 0.3) is 0 Å². The quantitative estimate of drug-likeness (QED) is 0.818. The maximum Gasteiger partial charge on any atom is 0.00977 e. The summed E-state index contributed by atoms with van der Waals surface area (Å²) in [5.41, 5.74) is 6.00. The summed E-state index contributed by atoms with van der Waals surface area (Å²) in [6.45, 7) is 2.35. The molecule has 2 N–H and O–H groups in total. The van der Waals surface area contributed by atoms with Crippen molar-refractivity contribution in [2.24, 2.45) is 11.7 Å². The van der Waals surface area contributed by atoms with Crippen molar-refractivity contribution in [3.8, 4) is 0 Å². The van der Waals surface area contributed by atoms with Gasteiger partial charge in [-0.05, 0) is 51.5 Å². The third-order valence-corrected chi connectivity index (χ3v) is 5.23. The van der Waals surface area contributed by atoms with Crippen molar-refractivity contribution >= 4 is 0 Å². The highest BCUT2D eigenvalue weighted by molar-refractivity contribution is 4.86. The second-order valence-electron chi connectivity index (χ2n) is 6.33. The highest BCUT2D eigenvalue weighted by Crippen LogP contribution is 2.32. The molecule has 0 saturated heterocycles. The summed E-state index contributed by atoms with van der Waals surface area (Å²) in [5.74, 6) is 0.988. The van der Waals surface area contributed by atoms with E-state index in [1.807, 2.05) is 0 Å². The number of rotatable bonds is 3. The largest absolute Gasteiger partial charge is 0.328 e. The Hall–Kier alpha value is -0.0800. The molecular formula is C15H30N2. The van der Waals surface area contributed by atoms with E-state index in [0.29, 0.717) is 6.04 Å². The van der Waals surface area contributed by atoms with Crippen LogP contribution in [-0.4, -0.2) is 30.1 Å². The fraction of sp³-hybridized carbons (Fsp3) is 1.00. The first-order chi connectivity index (χ1) is 8.20. The molecule has 0 amide bonds. The fourth-order valence-corrected chi connectivity index (χ4v) is 3.81. The summed E-state index contributed by atoms with van der Waals surface area (Å²) in [6, 6.07) is 2.15. The summed E-state index contributed by atoms with van der Waals surface area (Å²) < 4.78 is 0. The number of nitrogens with two attached hydrogens (primary N) is 1. The van der Waals surface area contributed by atoms with Crippen molar-refractivity contribution in [2.45, 2.75) is 82.8 Å². The van der Waals surface area contributed by atoms with Crippen LogP contribution in [0.1, 0.15) is 64.7 Å². The lowest BCUT2D eigenvalue weighted by atomic mass is 9.82. The van der Waals surface area contributed by atoms with Gasteiger partial charge in [0.15, 0.2) is 0 Å². The first-order valence-electron chi connectivity index (χ1n) is 7.68. The zero-order chi connectivity index (χ0) is 12.3. The fourth-order valence-electron chi connectivity index (χ4n) is 3.81. The molecule has 2 aliphatic rings. The van der Waals surface area contributed by atoms with Gasteiger partial charge in [-0.3, -0.25) is 0 Å². The lowest BCUT2D eigenvalue weighted by Crippen LogP contribution is -2.45. The van der Waals surface area contributed by atoms with Gasteiger partial charge in [-0.2, -0.15) is 0 Å². The van der Waals surface area contributed by atoms with Crippen LogP contribution >= 0.6 is 0 Å². The van der Waals surface area contributed by atoms with E-state index in [2.05, 4.69) is 18.9 Å². The summed E-state index contributed by atoms with van der Waals surface area (Å²) >= 11 is 0. The minimum absolute atomic E-state index is 0.481. The van der Waals surface area contributed by atoms with E-state index in [1.165, 1.54) is 57.8 Å². The smallest absolute Gasteiger partial charge is 0.00977 e. The molecular weight excluding hydrogens is 208 g/mol. The average Bonchev–Trinajstić information content (AvgIpc) is 2.39. The molecule has 2 saturated carbocycles. The third kappa shape index (κ3) is 3.45. The number of hydrogen-bond acceptors (Lipinski definition) is 2. The number of nitrogens with zero attached hydrogens (tertiary/aromatic N) is 1. The van der Waals surface area contributed by atoms with Crippen molar-refractivity contribution in [1.29, 1.82) is 0 Å². The molecule has 0 aliphatic heterocycles. The van der Waals surface area contributed by atoms with Crippen LogP contribution in [0, 0.1) is 5.92 Å². The van der Waals surface area contributed by atoms with E-state index in [-0.39, 0.29) is 0 Å². The first-order valence-corrected chi connectivity index (χ1v) is 7.68. The molecule has 0 radical (unpaired) electrons. The standard InChI is InChI=1S/C15H30N2/c1-3-12-5-4-6-15(11-12)17(2)14-9-7-13(16)8-10-14/h12-15H,3-11,16H2,1-2H3. The van der Waals surface area contributed by atoms with Gasteiger partial charge >= 0.3 is 0 Å². The molecule has 2 unspecified atom stereocenters. The van der Waals surface area contributed by atoms with E-state index in [9.17, 15) is 0 Å². The van der Waals surface area contributed by atoms with Gasteiger partial charge in [0.1, 0.15) is 0 Å². The predicted molar refractivity (Wildman–Crippen MR) is 74.0 cm³/mol. The van der Waals surface area contributed by atoms with Crippen LogP contribution in [0.5, 0.6) is 0 Å². The van der Waals surface area contributed by atoms with Crippen LogP contribution < -0.4 is 5.73 Å². The lowest BCUT2D eigenvalue weighted by Gasteiger charge is -2.41. The molecule has 2 rings (SSSR count). The molecule has 100 valence electrons. The minimum Gasteiger partial charge on any atom is -0.328 e. The molecule has 0 aromatic rings. The predicted octanol–water partition coefficient (Wildman–Crippen LogP) is 3.16. The maximum absolute atomic E-state index is 6.00. The van der Waals surface area contributed by atoms with Gasteiger partial charge in [0, 0.05) is 18.1 Å². The Morgan fingerprint density at radius 2 is 1.71 bits per heavy atom. The lowest BCUT2D eigenvalue weighted by molar-refractivity contribution is 0.0886. The molecule has 0 heterocycles. The summed E-state index contributed by atoms with van der Waals surface area (Å²) in [5, 5.41) is 0. The van der Waals surface area contributed by atoms with E-state index in [0.717, 1.165) is 18.0 Å². The van der Waals surface area contributed by atoms with Gasteiger partial charge in [0.05, 0.1) is 0 Å². The van der Waals surface area contributed by atoms with E-state index >= 15 is 0 Å². The van der Waals surface area contributed by atoms with Gasteiger partial charge in [-0.15, -0.1) is 0 Å². The summed E-state index contributed by atoms with van der Waals surface area (Å²) in [7, 11) is 2.37. The Balaban J connectivity index is 1.84. The summed E-state index contributed by atoms with van der Waals surface area (Å²) in [6.07, 6.45) is 12.3. The van der Waals surface area contributed by atoms with E-state index < -0.39 is 0 Å². The van der Waals surface area contributed by atoms with Crippen molar-refractivity contribution in [2.75, 3.05) is 7.05 Å². The van der Waals surface area contributed by atoms with Gasteiger partial charge in [-0.1, -0.05) is 26.2 Å². The molecule has 0 aromatic heterocycles. The van der Waals surface area contributed by atoms with Crippen LogP contribution in [0.2, 0.25) is 0 Å². The Morgan fingerprint density at radius 3 is 2.35 bits per heavy atom. The zero-order valence-corrected chi connectivity index (χ0v) is 11.7. The molecule has 0 aromatic carbocycles. The summed E-state index contributed by atoms with van der Waals surface area (Å²) in [4.78, 5) is 2.70. The first kappa shape index (κ1) is 13.4. The molecule has 2 atom stereocenters.